The zero-order chi connectivity index (χ0) is 15.1. The number of aliphatic hydroxyl groups is 1. The van der Waals surface area contributed by atoms with Crippen molar-refractivity contribution in [2.24, 2.45) is 0 Å². The highest BCUT2D eigenvalue weighted by Gasteiger charge is 2.23. The Morgan fingerprint density at radius 1 is 1.05 bits per heavy atom. The second-order valence-corrected chi connectivity index (χ2v) is 4.62. The van der Waals surface area contributed by atoms with Gasteiger partial charge in [-0.15, -0.1) is 0 Å². The molecule has 112 valence electrons. The summed E-state index contributed by atoms with van der Waals surface area (Å²) < 4.78 is 11.2. The van der Waals surface area contributed by atoms with Crippen molar-refractivity contribution in [1.82, 2.24) is 4.98 Å². The van der Waals surface area contributed by atoms with Gasteiger partial charge >= 0.3 is 0 Å². The Hall–Kier alpha value is -1.91. The number of rotatable bonds is 7. The van der Waals surface area contributed by atoms with Crippen molar-refractivity contribution in [3.8, 4) is 5.75 Å². The molecule has 2 atom stereocenters. The summed E-state index contributed by atoms with van der Waals surface area (Å²) in [6, 6.07) is 11.5. The van der Waals surface area contributed by atoms with Gasteiger partial charge in [-0.1, -0.05) is 30.3 Å². The largest absolute Gasteiger partial charge is 0.492 e. The van der Waals surface area contributed by atoms with Crippen molar-refractivity contribution in [1.29, 1.82) is 0 Å². The lowest BCUT2D eigenvalue weighted by molar-refractivity contribution is -0.0363. The van der Waals surface area contributed by atoms with Crippen LogP contribution in [0.4, 0.5) is 0 Å². The third kappa shape index (κ3) is 4.03. The predicted molar refractivity (Wildman–Crippen MR) is 81.2 cm³/mol. The van der Waals surface area contributed by atoms with Crippen molar-refractivity contribution in [3.05, 3.63) is 59.9 Å². The number of benzene rings is 1. The molecule has 1 heterocycles. The topological polar surface area (TPSA) is 51.6 Å². The molecular weight excluding hydrogens is 266 g/mol. The van der Waals surface area contributed by atoms with Gasteiger partial charge in [-0.25, -0.2) is 0 Å². The van der Waals surface area contributed by atoms with Crippen LogP contribution in [0.5, 0.6) is 5.75 Å². The van der Waals surface area contributed by atoms with Crippen LogP contribution in [0.15, 0.2) is 48.8 Å². The number of aromatic nitrogens is 1. The molecule has 0 fully saturated rings. The Morgan fingerprint density at radius 3 is 2.48 bits per heavy atom. The second kappa shape index (κ2) is 7.76. The molecule has 0 saturated heterocycles. The maximum absolute atomic E-state index is 10.6. The van der Waals surface area contributed by atoms with E-state index in [-0.39, 0.29) is 0 Å². The Balaban J connectivity index is 2.26. The van der Waals surface area contributed by atoms with Crippen molar-refractivity contribution < 1.29 is 14.6 Å². The van der Waals surface area contributed by atoms with Crippen molar-refractivity contribution in [2.45, 2.75) is 26.1 Å². The number of ether oxygens (including phenoxy) is 2. The van der Waals surface area contributed by atoms with E-state index >= 15 is 0 Å². The lowest BCUT2D eigenvalue weighted by Gasteiger charge is -2.23. The molecule has 0 saturated carbocycles. The van der Waals surface area contributed by atoms with Crippen LogP contribution in [0, 0.1) is 0 Å². The normalized spacial score (nSPS) is 13.7. The summed E-state index contributed by atoms with van der Waals surface area (Å²) in [6.07, 6.45) is 2.07. The van der Waals surface area contributed by atoms with E-state index in [1.165, 1.54) is 0 Å². The van der Waals surface area contributed by atoms with Crippen LogP contribution in [0.1, 0.15) is 37.2 Å². The smallest absolute Gasteiger partial charge is 0.137 e. The van der Waals surface area contributed by atoms with Gasteiger partial charge in [0.25, 0.3) is 0 Å². The molecular formula is C17H21NO3. The van der Waals surface area contributed by atoms with Gasteiger partial charge in [-0.3, -0.25) is 4.98 Å². The van der Waals surface area contributed by atoms with Crippen molar-refractivity contribution >= 4 is 0 Å². The fourth-order valence-electron chi connectivity index (χ4n) is 2.21. The summed E-state index contributed by atoms with van der Waals surface area (Å²) >= 11 is 0. The monoisotopic (exact) mass is 287 g/mol. The SMILES string of the molecule is CCOc1cncc(C(O)C(OCC)c2ccccc2)c1. The van der Waals surface area contributed by atoms with Gasteiger partial charge in [-0.05, 0) is 25.5 Å². The van der Waals surface area contributed by atoms with Crippen LogP contribution in [0.2, 0.25) is 0 Å². The fourth-order valence-corrected chi connectivity index (χ4v) is 2.21. The lowest BCUT2D eigenvalue weighted by Crippen LogP contribution is -2.15. The summed E-state index contributed by atoms with van der Waals surface area (Å²) in [7, 11) is 0. The van der Waals surface area contributed by atoms with E-state index < -0.39 is 12.2 Å². The molecule has 0 aliphatic rings. The highest BCUT2D eigenvalue weighted by atomic mass is 16.5. The lowest BCUT2D eigenvalue weighted by atomic mass is 9.99. The highest BCUT2D eigenvalue weighted by molar-refractivity contribution is 5.28. The molecule has 2 unspecified atom stereocenters. The minimum Gasteiger partial charge on any atom is -0.492 e. The van der Waals surface area contributed by atoms with E-state index in [0.29, 0.717) is 24.5 Å². The highest BCUT2D eigenvalue weighted by Crippen LogP contribution is 2.32. The average molecular weight is 287 g/mol. The van der Waals surface area contributed by atoms with Gasteiger partial charge in [0.15, 0.2) is 0 Å². The van der Waals surface area contributed by atoms with Gasteiger partial charge in [0.2, 0.25) is 0 Å². The van der Waals surface area contributed by atoms with Gasteiger partial charge in [0, 0.05) is 18.4 Å². The Bertz CT molecular complexity index is 545. The predicted octanol–water partition coefficient (Wildman–Crippen LogP) is 3.29. The summed E-state index contributed by atoms with van der Waals surface area (Å²) in [4.78, 5) is 4.12. The van der Waals surface area contributed by atoms with E-state index in [1.54, 1.807) is 18.5 Å². The van der Waals surface area contributed by atoms with E-state index in [1.807, 2.05) is 44.2 Å². The maximum atomic E-state index is 10.6. The minimum atomic E-state index is -0.791. The molecule has 0 amide bonds. The van der Waals surface area contributed by atoms with Crippen LogP contribution in [0.3, 0.4) is 0 Å². The zero-order valence-corrected chi connectivity index (χ0v) is 12.4. The molecule has 0 aliphatic heterocycles. The fraction of sp³-hybridized carbons (Fsp3) is 0.353. The molecule has 0 bridgehead atoms. The molecule has 4 heteroatoms. The summed E-state index contributed by atoms with van der Waals surface area (Å²) in [5.74, 6) is 0.650. The maximum Gasteiger partial charge on any atom is 0.137 e. The molecule has 1 aromatic carbocycles. The summed E-state index contributed by atoms with van der Waals surface area (Å²) in [5, 5.41) is 10.6. The van der Waals surface area contributed by atoms with Crippen LogP contribution in [0.25, 0.3) is 0 Å². The third-order valence-corrected chi connectivity index (χ3v) is 3.15. The standard InChI is InChI=1S/C17H21NO3/c1-3-20-15-10-14(11-18-12-15)16(19)17(21-4-2)13-8-6-5-7-9-13/h5-12,16-17,19H,3-4H2,1-2H3. The first-order chi connectivity index (χ1) is 10.3. The van der Waals surface area contributed by atoms with E-state index in [9.17, 15) is 5.11 Å². The zero-order valence-electron chi connectivity index (χ0n) is 12.4. The Morgan fingerprint density at radius 2 is 1.81 bits per heavy atom. The van der Waals surface area contributed by atoms with Gasteiger partial charge in [0.05, 0.1) is 12.8 Å². The minimum absolute atomic E-state index is 0.421. The molecule has 0 radical (unpaired) electrons. The molecule has 1 aromatic heterocycles. The first kappa shape index (κ1) is 15.5. The molecule has 4 nitrogen and oxygen atoms in total. The Labute approximate surface area is 125 Å². The molecule has 0 aliphatic carbocycles. The second-order valence-electron chi connectivity index (χ2n) is 4.62. The third-order valence-electron chi connectivity index (χ3n) is 3.15. The molecule has 21 heavy (non-hydrogen) atoms. The van der Waals surface area contributed by atoms with Gasteiger partial charge in [-0.2, -0.15) is 0 Å². The first-order valence-electron chi connectivity index (χ1n) is 7.18. The van der Waals surface area contributed by atoms with E-state index in [0.717, 1.165) is 5.56 Å². The number of pyridine rings is 1. The quantitative estimate of drug-likeness (QED) is 0.849. The molecule has 2 rings (SSSR count). The van der Waals surface area contributed by atoms with Gasteiger partial charge in [0.1, 0.15) is 18.0 Å². The van der Waals surface area contributed by atoms with Crippen LogP contribution in [-0.2, 0) is 4.74 Å². The molecule has 0 spiro atoms. The van der Waals surface area contributed by atoms with Crippen molar-refractivity contribution in [2.75, 3.05) is 13.2 Å². The van der Waals surface area contributed by atoms with Crippen LogP contribution >= 0.6 is 0 Å². The first-order valence-corrected chi connectivity index (χ1v) is 7.18. The average Bonchev–Trinajstić information content (AvgIpc) is 2.53. The molecule has 1 N–H and O–H groups in total. The number of hydrogen-bond donors (Lipinski definition) is 1. The van der Waals surface area contributed by atoms with Crippen LogP contribution < -0.4 is 4.74 Å². The number of hydrogen-bond acceptors (Lipinski definition) is 4. The van der Waals surface area contributed by atoms with Crippen LogP contribution in [-0.4, -0.2) is 23.3 Å². The number of nitrogens with zero attached hydrogens (tertiary/aromatic N) is 1. The number of aliphatic hydroxyl groups excluding tert-OH is 1. The summed E-state index contributed by atoms with van der Waals surface area (Å²) in [5.41, 5.74) is 1.62. The summed E-state index contributed by atoms with van der Waals surface area (Å²) in [6.45, 7) is 4.91. The van der Waals surface area contributed by atoms with E-state index in [4.69, 9.17) is 9.47 Å². The van der Waals surface area contributed by atoms with E-state index in [2.05, 4.69) is 4.98 Å². The van der Waals surface area contributed by atoms with Crippen molar-refractivity contribution in [3.63, 3.8) is 0 Å². The Kier molecular flexibility index (Phi) is 5.72. The molecule has 2 aromatic rings. The van der Waals surface area contributed by atoms with Gasteiger partial charge < -0.3 is 14.6 Å².